The Labute approximate surface area is 130 Å². The van der Waals surface area contributed by atoms with E-state index in [1.807, 2.05) is 0 Å². The van der Waals surface area contributed by atoms with Gasteiger partial charge in [-0.1, -0.05) is 63.3 Å². The highest BCUT2D eigenvalue weighted by Crippen LogP contribution is 2.26. The largest absolute Gasteiger partial charge is 0.311 e. The molecule has 1 fully saturated rings. The van der Waals surface area contributed by atoms with E-state index in [1.165, 1.54) is 5.56 Å². The van der Waals surface area contributed by atoms with Gasteiger partial charge in [0.2, 0.25) is 0 Å². The molecule has 0 aliphatic carbocycles. The molecule has 0 bridgehead atoms. The molecule has 0 radical (unpaired) electrons. The first kappa shape index (κ1) is 16.3. The monoisotopic (exact) mass is 286 g/mol. The molecule has 1 aliphatic rings. The minimum atomic E-state index is 0.312. The molecule has 116 valence electrons. The van der Waals surface area contributed by atoms with Crippen molar-refractivity contribution in [3.8, 4) is 0 Å². The van der Waals surface area contributed by atoms with Gasteiger partial charge in [0.1, 0.15) is 0 Å². The Hall–Kier alpha value is -1.12. The van der Waals surface area contributed by atoms with E-state index in [2.05, 4.69) is 80.4 Å². The number of nitrogens with zero attached hydrogens (tertiary/aromatic N) is 1. The number of allylic oxidation sites excluding steroid dienone is 1. The minimum absolute atomic E-state index is 0.312. The minimum Gasteiger partial charge on any atom is -0.311 e. The third-order valence-corrected chi connectivity index (χ3v) is 4.40. The van der Waals surface area contributed by atoms with Crippen molar-refractivity contribution in [2.24, 2.45) is 5.41 Å². The molecule has 21 heavy (non-hydrogen) atoms. The van der Waals surface area contributed by atoms with Gasteiger partial charge in [-0.2, -0.15) is 0 Å². The molecule has 2 rings (SSSR count). The summed E-state index contributed by atoms with van der Waals surface area (Å²) in [4.78, 5) is 2.64. The lowest BCUT2D eigenvalue weighted by Gasteiger charge is -2.46. The van der Waals surface area contributed by atoms with Gasteiger partial charge >= 0.3 is 0 Å². The summed E-state index contributed by atoms with van der Waals surface area (Å²) in [6.07, 6.45) is 5.56. The van der Waals surface area contributed by atoms with E-state index in [9.17, 15) is 0 Å². The number of piperazine rings is 1. The van der Waals surface area contributed by atoms with Crippen LogP contribution in [0, 0.1) is 5.41 Å². The Morgan fingerprint density at radius 2 is 1.95 bits per heavy atom. The van der Waals surface area contributed by atoms with Crippen LogP contribution in [0.15, 0.2) is 42.5 Å². The van der Waals surface area contributed by atoms with Crippen LogP contribution in [0.25, 0.3) is 0 Å². The van der Waals surface area contributed by atoms with Crippen LogP contribution in [0.5, 0.6) is 0 Å². The molecule has 1 saturated heterocycles. The summed E-state index contributed by atoms with van der Waals surface area (Å²) < 4.78 is 0. The molecule has 2 unspecified atom stereocenters. The van der Waals surface area contributed by atoms with Gasteiger partial charge in [-0.25, -0.2) is 0 Å². The van der Waals surface area contributed by atoms with Gasteiger partial charge in [0.15, 0.2) is 0 Å². The summed E-state index contributed by atoms with van der Waals surface area (Å²) in [6.45, 7) is 12.4. The first-order chi connectivity index (χ1) is 10.0. The van der Waals surface area contributed by atoms with Crippen LogP contribution in [0.1, 0.15) is 33.3 Å². The number of nitrogens with one attached hydrogen (secondary N) is 1. The molecule has 1 heterocycles. The van der Waals surface area contributed by atoms with Crippen LogP contribution in [-0.4, -0.2) is 36.6 Å². The standard InChI is InChI=1S/C19H30N2/c1-5-6-12-21-15-17(13-16-10-8-7-9-11-16)20-14-18(21)19(2,3)4/h5-11,17-18,20H,12-15H2,1-4H3/b6-5+. The van der Waals surface area contributed by atoms with Crippen molar-refractivity contribution in [2.75, 3.05) is 19.6 Å². The molecule has 2 atom stereocenters. The van der Waals surface area contributed by atoms with E-state index in [0.29, 0.717) is 17.5 Å². The fourth-order valence-corrected chi connectivity index (χ4v) is 3.21. The molecule has 1 aliphatic heterocycles. The first-order valence-corrected chi connectivity index (χ1v) is 8.13. The third kappa shape index (κ3) is 4.69. The Morgan fingerprint density at radius 3 is 2.57 bits per heavy atom. The van der Waals surface area contributed by atoms with E-state index in [1.54, 1.807) is 0 Å². The Kier molecular flexibility index (Phi) is 5.60. The lowest BCUT2D eigenvalue weighted by Crippen LogP contribution is -2.61. The second-order valence-corrected chi connectivity index (χ2v) is 7.20. The highest BCUT2D eigenvalue weighted by Gasteiger charge is 2.34. The smallest absolute Gasteiger partial charge is 0.0273 e. The van der Waals surface area contributed by atoms with Crippen LogP contribution >= 0.6 is 0 Å². The maximum Gasteiger partial charge on any atom is 0.0273 e. The van der Waals surface area contributed by atoms with Crippen LogP contribution in [0.4, 0.5) is 0 Å². The molecule has 0 saturated carbocycles. The lowest BCUT2D eigenvalue weighted by molar-refractivity contribution is 0.0659. The van der Waals surface area contributed by atoms with E-state index in [0.717, 1.165) is 26.1 Å². The lowest BCUT2D eigenvalue weighted by atomic mass is 9.83. The zero-order valence-electron chi connectivity index (χ0n) is 14.0. The average molecular weight is 286 g/mol. The van der Waals surface area contributed by atoms with Crippen LogP contribution in [0.3, 0.4) is 0 Å². The first-order valence-electron chi connectivity index (χ1n) is 8.13. The molecule has 2 heteroatoms. The molecule has 0 amide bonds. The summed E-state index contributed by atoms with van der Waals surface area (Å²) in [7, 11) is 0. The van der Waals surface area contributed by atoms with Gasteiger partial charge < -0.3 is 5.32 Å². The van der Waals surface area contributed by atoms with Crippen molar-refractivity contribution in [2.45, 2.75) is 46.2 Å². The predicted octanol–water partition coefficient (Wildman–Crippen LogP) is 3.49. The molecule has 2 nitrogen and oxygen atoms in total. The maximum atomic E-state index is 3.76. The average Bonchev–Trinajstić information content (AvgIpc) is 2.45. The Bertz CT molecular complexity index is 444. The van der Waals surface area contributed by atoms with E-state index >= 15 is 0 Å². The molecule has 1 aromatic carbocycles. The predicted molar refractivity (Wildman–Crippen MR) is 91.6 cm³/mol. The summed E-state index contributed by atoms with van der Waals surface area (Å²) in [5.74, 6) is 0. The quantitative estimate of drug-likeness (QED) is 0.852. The van der Waals surface area contributed by atoms with Crippen molar-refractivity contribution in [3.05, 3.63) is 48.0 Å². The SMILES string of the molecule is C/C=C/CN1CC(Cc2ccccc2)NCC1C(C)(C)C. The molecule has 0 aromatic heterocycles. The van der Waals surface area contributed by atoms with Crippen LogP contribution < -0.4 is 5.32 Å². The van der Waals surface area contributed by atoms with Gasteiger partial charge in [0.25, 0.3) is 0 Å². The zero-order chi connectivity index (χ0) is 15.3. The van der Waals surface area contributed by atoms with Crippen molar-refractivity contribution in [1.82, 2.24) is 10.2 Å². The molecule has 1 N–H and O–H groups in total. The van der Waals surface area contributed by atoms with E-state index in [-0.39, 0.29) is 0 Å². The zero-order valence-corrected chi connectivity index (χ0v) is 14.0. The second kappa shape index (κ2) is 7.24. The number of hydrogen-bond acceptors (Lipinski definition) is 2. The molecular formula is C19H30N2. The van der Waals surface area contributed by atoms with Crippen molar-refractivity contribution >= 4 is 0 Å². The number of rotatable bonds is 4. The topological polar surface area (TPSA) is 15.3 Å². The number of benzene rings is 1. The van der Waals surface area contributed by atoms with Crippen molar-refractivity contribution < 1.29 is 0 Å². The normalized spacial score (nSPS) is 24.6. The van der Waals surface area contributed by atoms with Gasteiger partial charge in [-0.15, -0.1) is 0 Å². The fraction of sp³-hybridized carbons (Fsp3) is 0.579. The van der Waals surface area contributed by atoms with Crippen LogP contribution in [0.2, 0.25) is 0 Å². The van der Waals surface area contributed by atoms with Gasteiger partial charge in [0.05, 0.1) is 0 Å². The third-order valence-electron chi connectivity index (χ3n) is 4.40. The Balaban J connectivity index is 2.02. The van der Waals surface area contributed by atoms with Crippen molar-refractivity contribution in [1.29, 1.82) is 0 Å². The molecule has 1 aromatic rings. The van der Waals surface area contributed by atoms with Gasteiger partial charge in [-0.05, 0) is 24.3 Å². The summed E-state index contributed by atoms with van der Waals surface area (Å²) in [5.41, 5.74) is 1.74. The highest BCUT2D eigenvalue weighted by molar-refractivity contribution is 5.16. The maximum absolute atomic E-state index is 3.76. The van der Waals surface area contributed by atoms with E-state index in [4.69, 9.17) is 0 Å². The molecule has 0 spiro atoms. The summed E-state index contributed by atoms with van der Waals surface area (Å²) >= 11 is 0. The fourth-order valence-electron chi connectivity index (χ4n) is 3.21. The van der Waals surface area contributed by atoms with Crippen molar-refractivity contribution in [3.63, 3.8) is 0 Å². The Morgan fingerprint density at radius 1 is 1.24 bits per heavy atom. The summed E-state index contributed by atoms with van der Waals surface area (Å²) in [5, 5.41) is 3.76. The second-order valence-electron chi connectivity index (χ2n) is 7.20. The number of hydrogen-bond donors (Lipinski definition) is 1. The highest BCUT2D eigenvalue weighted by atomic mass is 15.2. The van der Waals surface area contributed by atoms with Crippen LogP contribution in [-0.2, 0) is 6.42 Å². The van der Waals surface area contributed by atoms with E-state index < -0.39 is 0 Å². The summed E-state index contributed by atoms with van der Waals surface area (Å²) in [6, 6.07) is 12.0. The van der Waals surface area contributed by atoms with Gasteiger partial charge in [0, 0.05) is 31.7 Å². The molecular weight excluding hydrogens is 256 g/mol. The van der Waals surface area contributed by atoms with Gasteiger partial charge in [-0.3, -0.25) is 4.90 Å².